The second-order valence-corrected chi connectivity index (χ2v) is 8.37. The van der Waals surface area contributed by atoms with Crippen molar-refractivity contribution >= 4 is 15.6 Å². The Morgan fingerprint density at radius 3 is 2.27 bits per heavy atom. The van der Waals surface area contributed by atoms with Crippen LogP contribution in [0.3, 0.4) is 0 Å². The summed E-state index contributed by atoms with van der Waals surface area (Å²) >= 11 is 0. The van der Waals surface area contributed by atoms with Gasteiger partial charge >= 0.3 is 0 Å². The Kier molecular flexibility index (Phi) is 5.27. The van der Waals surface area contributed by atoms with E-state index >= 15 is 0 Å². The van der Waals surface area contributed by atoms with Crippen LogP contribution in [0.15, 0.2) is 58.3 Å². The van der Waals surface area contributed by atoms with E-state index in [2.05, 4.69) is 0 Å². The van der Waals surface area contributed by atoms with Gasteiger partial charge in [-0.15, -0.1) is 0 Å². The number of rotatable bonds is 5. The number of Topliss-reactive ketones (excluding diaryl/α,β-unsaturated/α-hetero) is 1. The van der Waals surface area contributed by atoms with E-state index < -0.39 is 15.4 Å². The zero-order valence-electron chi connectivity index (χ0n) is 14.9. The van der Waals surface area contributed by atoms with E-state index in [-0.39, 0.29) is 15.6 Å². The number of ether oxygens (including phenoxy) is 2. The minimum atomic E-state index is -3.68. The molecule has 2 aromatic rings. The van der Waals surface area contributed by atoms with E-state index in [4.69, 9.17) is 9.47 Å². The van der Waals surface area contributed by atoms with Gasteiger partial charge in [0.25, 0.3) is 0 Å². The van der Waals surface area contributed by atoms with Gasteiger partial charge in [0.2, 0.25) is 9.84 Å². The maximum atomic E-state index is 13.0. The molecule has 1 aliphatic heterocycles. The fourth-order valence-electron chi connectivity index (χ4n) is 3.26. The second-order valence-electron chi connectivity index (χ2n) is 6.42. The smallest absolute Gasteiger partial charge is 0.206 e. The summed E-state index contributed by atoms with van der Waals surface area (Å²) in [6, 6.07) is 12.9. The fourth-order valence-corrected chi connectivity index (χ4v) is 4.57. The van der Waals surface area contributed by atoms with Gasteiger partial charge in [-0.05, 0) is 36.8 Å². The standard InChI is InChI=1S/C20H22O5S/c1-15(21)16-6-8-18(9-7-16)26(22,23)19-5-3-4-17(14-19)20(24-2)10-12-25-13-11-20/h3-9,14H,10-13H2,1-2H3. The third-order valence-corrected chi connectivity index (χ3v) is 6.70. The fraction of sp³-hybridized carbons (Fsp3) is 0.350. The van der Waals surface area contributed by atoms with Crippen LogP contribution < -0.4 is 0 Å². The number of methoxy groups -OCH3 is 1. The summed E-state index contributed by atoms with van der Waals surface area (Å²) in [4.78, 5) is 11.8. The molecule has 2 aromatic carbocycles. The van der Waals surface area contributed by atoms with Crippen molar-refractivity contribution in [2.24, 2.45) is 0 Å². The minimum absolute atomic E-state index is 0.0995. The molecule has 0 amide bonds. The molecular formula is C20H22O5S. The van der Waals surface area contributed by atoms with Crippen LogP contribution in [0, 0.1) is 0 Å². The molecule has 0 aromatic heterocycles. The molecule has 0 unspecified atom stereocenters. The summed E-state index contributed by atoms with van der Waals surface area (Å²) in [5.74, 6) is -0.0995. The van der Waals surface area contributed by atoms with Crippen LogP contribution in [0.4, 0.5) is 0 Å². The van der Waals surface area contributed by atoms with Crippen LogP contribution in [0.25, 0.3) is 0 Å². The van der Waals surface area contributed by atoms with Crippen molar-refractivity contribution in [3.8, 4) is 0 Å². The van der Waals surface area contributed by atoms with Gasteiger partial charge in [0.15, 0.2) is 5.78 Å². The molecule has 3 rings (SSSR count). The van der Waals surface area contributed by atoms with Gasteiger partial charge in [0.05, 0.1) is 15.4 Å². The molecule has 1 fully saturated rings. The predicted octanol–water partition coefficient (Wildman–Crippen LogP) is 3.37. The molecular weight excluding hydrogens is 352 g/mol. The first-order chi connectivity index (χ1) is 12.4. The maximum absolute atomic E-state index is 13.0. The minimum Gasteiger partial charge on any atom is -0.381 e. The number of carbonyl (C=O) groups is 1. The highest BCUT2D eigenvalue weighted by Crippen LogP contribution is 2.37. The van der Waals surface area contributed by atoms with Crippen LogP contribution >= 0.6 is 0 Å². The lowest BCUT2D eigenvalue weighted by atomic mass is 9.86. The summed E-state index contributed by atoms with van der Waals surface area (Å²) < 4.78 is 37.2. The van der Waals surface area contributed by atoms with Gasteiger partial charge in [-0.3, -0.25) is 4.79 Å². The lowest BCUT2D eigenvalue weighted by molar-refractivity contribution is -0.0948. The van der Waals surface area contributed by atoms with E-state index in [0.29, 0.717) is 31.6 Å². The average molecular weight is 374 g/mol. The lowest BCUT2D eigenvalue weighted by Crippen LogP contribution is -2.35. The molecule has 1 saturated heterocycles. The molecule has 6 heteroatoms. The average Bonchev–Trinajstić information content (AvgIpc) is 2.68. The van der Waals surface area contributed by atoms with Crippen molar-refractivity contribution in [1.82, 2.24) is 0 Å². The molecule has 5 nitrogen and oxygen atoms in total. The third kappa shape index (κ3) is 3.45. The molecule has 0 radical (unpaired) electrons. The second kappa shape index (κ2) is 7.31. The summed E-state index contributed by atoms with van der Waals surface area (Å²) in [6.45, 7) is 2.61. The summed E-state index contributed by atoms with van der Waals surface area (Å²) in [7, 11) is -2.03. The Morgan fingerprint density at radius 2 is 1.69 bits per heavy atom. The number of hydrogen-bond donors (Lipinski definition) is 0. The van der Waals surface area contributed by atoms with Gasteiger partial charge in [0.1, 0.15) is 0 Å². The molecule has 1 aliphatic rings. The first-order valence-electron chi connectivity index (χ1n) is 8.49. The SMILES string of the molecule is COC1(c2cccc(S(=O)(=O)c3ccc(C(C)=O)cc3)c2)CCOCC1. The van der Waals surface area contributed by atoms with Gasteiger partial charge < -0.3 is 9.47 Å². The Bertz CT molecular complexity index is 894. The highest BCUT2D eigenvalue weighted by atomic mass is 32.2. The van der Waals surface area contributed by atoms with E-state index in [1.807, 2.05) is 6.07 Å². The van der Waals surface area contributed by atoms with Crippen LogP contribution in [-0.4, -0.2) is 34.5 Å². The lowest BCUT2D eigenvalue weighted by Gasteiger charge is -2.36. The molecule has 0 atom stereocenters. The van der Waals surface area contributed by atoms with Crippen molar-refractivity contribution < 1.29 is 22.7 Å². The first-order valence-corrected chi connectivity index (χ1v) is 9.97. The Hall–Kier alpha value is -2.02. The summed E-state index contributed by atoms with van der Waals surface area (Å²) in [5, 5.41) is 0. The molecule has 0 saturated carbocycles. The van der Waals surface area contributed by atoms with Crippen molar-refractivity contribution in [3.63, 3.8) is 0 Å². The molecule has 0 aliphatic carbocycles. The Labute approximate surface area is 153 Å². The van der Waals surface area contributed by atoms with Gasteiger partial charge in [-0.1, -0.05) is 24.3 Å². The number of ketones is 1. The Morgan fingerprint density at radius 1 is 1.04 bits per heavy atom. The van der Waals surface area contributed by atoms with Crippen molar-refractivity contribution in [2.75, 3.05) is 20.3 Å². The molecule has 1 heterocycles. The normalized spacial score (nSPS) is 17.0. The zero-order chi connectivity index (χ0) is 18.8. The highest BCUT2D eigenvalue weighted by Gasteiger charge is 2.35. The largest absolute Gasteiger partial charge is 0.381 e. The highest BCUT2D eigenvalue weighted by molar-refractivity contribution is 7.91. The quantitative estimate of drug-likeness (QED) is 0.751. The van der Waals surface area contributed by atoms with Crippen molar-refractivity contribution in [1.29, 1.82) is 0 Å². The van der Waals surface area contributed by atoms with Gasteiger partial charge in [-0.2, -0.15) is 0 Å². The third-order valence-electron chi connectivity index (χ3n) is 4.93. The number of carbonyl (C=O) groups excluding carboxylic acids is 1. The summed E-state index contributed by atoms with van der Waals surface area (Å²) in [6.07, 6.45) is 1.36. The molecule has 0 N–H and O–H groups in total. The van der Waals surface area contributed by atoms with E-state index in [1.165, 1.54) is 31.2 Å². The Balaban J connectivity index is 1.99. The monoisotopic (exact) mass is 374 g/mol. The van der Waals surface area contributed by atoms with Crippen LogP contribution in [0.2, 0.25) is 0 Å². The van der Waals surface area contributed by atoms with Crippen LogP contribution in [0.5, 0.6) is 0 Å². The van der Waals surface area contributed by atoms with Gasteiger partial charge in [-0.25, -0.2) is 8.42 Å². The molecule has 138 valence electrons. The van der Waals surface area contributed by atoms with Crippen LogP contribution in [-0.2, 0) is 24.9 Å². The molecule has 0 bridgehead atoms. The zero-order valence-corrected chi connectivity index (χ0v) is 15.7. The summed E-state index contributed by atoms with van der Waals surface area (Å²) in [5.41, 5.74) is 0.797. The predicted molar refractivity (Wildman–Crippen MR) is 97.1 cm³/mol. The molecule has 26 heavy (non-hydrogen) atoms. The maximum Gasteiger partial charge on any atom is 0.206 e. The molecule has 0 spiro atoms. The first kappa shape index (κ1) is 18.8. The van der Waals surface area contributed by atoms with E-state index in [9.17, 15) is 13.2 Å². The van der Waals surface area contributed by atoms with Crippen molar-refractivity contribution in [3.05, 3.63) is 59.7 Å². The van der Waals surface area contributed by atoms with Crippen molar-refractivity contribution in [2.45, 2.75) is 35.2 Å². The number of hydrogen-bond acceptors (Lipinski definition) is 5. The number of sulfone groups is 1. The van der Waals surface area contributed by atoms with E-state index in [0.717, 1.165) is 5.56 Å². The van der Waals surface area contributed by atoms with E-state index in [1.54, 1.807) is 25.3 Å². The van der Waals surface area contributed by atoms with Gasteiger partial charge in [0, 0.05) is 38.7 Å². The van der Waals surface area contributed by atoms with Crippen LogP contribution in [0.1, 0.15) is 35.7 Å². The topological polar surface area (TPSA) is 69.7 Å². The number of benzene rings is 2.